The number of hydrogen-bond donors (Lipinski definition) is 0. The minimum Gasteiger partial charge on any atom is -0.248 e. The maximum atomic E-state index is 4.02. The molecule has 0 N–H and O–H groups in total. The van der Waals surface area contributed by atoms with Crippen LogP contribution in [0.5, 0.6) is 0 Å². The standard InChI is InChI=1S/C12H15N3/c1-3-11-4-6-12(7-5-11)9-15-8-10(2)13-14-15/h4-8H,3,9H2,1-2H3. The molecule has 3 nitrogen and oxygen atoms in total. The Balaban J connectivity index is 2.11. The molecule has 0 bridgehead atoms. The van der Waals surface area contributed by atoms with Crippen molar-refractivity contribution in [2.45, 2.75) is 26.8 Å². The van der Waals surface area contributed by atoms with Crippen LogP contribution in [-0.2, 0) is 13.0 Å². The van der Waals surface area contributed by atoms with Crippen LogP contribution in [0.1, 0.15) is 23.7 Å². The fourth-order valence-electron chi connectivity index (χ4n) is 1.54. The predicted octanol–water partition coefficient (Wildman–Crippen LogP) is 2.20. The number of hydrogen-bond acceptors (Lipinski definition) is 2. The highest BCUT2D eigenvalue weighted by atomic mass is 15.4. The van der Waals surface area contributed by atoms with Crippen molar-refractivity contribution in [3.05, 3.63) is 47.3 Å². The second-order valence-corrected chi connectivity index (χ2v) is 3.73. The normalized spacial score (nSPS) is 10.5. The average molecular weight is 201 g/mol. The first kappa shape index (κ1) is 9.90. The summed E-state index contributed by atoms with van der Waals surface area (Å²) in [7, 11) is 0. The second kappa shape index (κ2) is 4.26. The molecule has 0 aliphatic carbocycles. The molecule has 0 fully saturated rings. The van der Waals surface area contributed by atoms with E-state index >= 15 is 0 Å². The summed E-state index contributed by atoms with van der Waals surface area (Å²) in [6, 6.07) is 8.63. The molecule has 0 radical (unpaired) electrons. The molecule has 1 aromatic heterocycles. The molecule has 78 valence electrons. The summed E-state index contributed by atoms with van der Waals surface area (Å²) >= 11 is 0. The van der Waals surface area contributed by atoms with Crippen LogP contribution in [-0.4, -0.2) is 15.0 Å². The van der Waals surface area contributed by atoms with Crippen LogP contribution in [0.4, 0.5) is 0 Å². The van der Waals surface area contributed by atoms with Gasteiger partial charge in [0, 0.05) is 6.20 Å². The molecular weight excluding hydrogens is 186 g/mol. The van der Waals surface area contributed by atoms with Crippen LogP contribution >= 0.6 is 0 Å². The lowest BCUT2D eigenvalue weighted by molar-refractivity contribution is 0.649. The Morgan fingerprint density at radius 2 is 1.80 bits per heavy atom. The van der Waals surface area contributed by atoms with Gasteiger partial charge in [-0.25, -0.2) is 4.68 Å². The van der Waals surface area contributed by atoms with Crippen molar-refractivity contribution in [2.24, 2.45) is 0 Å². The van der Waals surface area contributed by atoms with Crippen molar-refractivity contribution < 1.29 is 0 Å². The molecule has 2 rings (SSSR count). The van der Waals surface area contributed by atoms with Gasteiger partial charge >= 0.3 is 0 Å². The maximum Gasteiger partial charge on any atom is 0.0796 e. The van der Waals surface area contributed by atoms with Crippen molar-refractivity contribution >= 4 is 0 Å². The van der Waals surface area contributed by atoms with Crippen molar-refractivity contribution in [2.75, 3.05) is 0 Å². The van der Waals surface area contributed by atoms with Crippen molar-refractivity contribution in [1.29, 1.82) is 0 Å². The van der Waals surface area contributed by atoms with Gasteiger partial charge in [-0.1, -0.05) is 36.4 Å². The minimum atomic E-state index is 0.796. The third-order valence-electron chi connectivity index (χ3n) is 2.43. The first-order chi connectivity index (χ1) is 7.28. The maximum absolute atomic E-state index is 4.02. The first-order valence-electron chi connectivity index (χ1n) is 5.22. The molecule has 2 aromatic rings. The van der Waals surface area contributed by atoms with Crippen molar-refractivity contribution in [3.63, 3.8) is 0 Å². The summed E-state index contributed by atoms with van der Waals surface area (Å²) in [5, 5.41) is 7.98. The number of aromatic nitrogens is 3. The van der Waals surface area contributed by atoms with E-state index in [0.717, 1.165) is 18.7 Å². The van der Waals surface area contributed by atoms with Gasteiger partial charge in [0.15, 0.2) is 0 Å². The molecule has 0 spiro atoms. The smallest absolute Gasteiger partial charge is 0.0796 e. The van der Waals surface area contributed by atoms with Crippen LogP contribution < -0.4 is 0 Å². The van der Waals surface area contributed by atoms with Crippen LogP contribution in [0, 0.1) is 6.92 Å². The van der Waals surface area contributed by atoms with Gasteiger partial charge in [-0.05, 0) is 24.5 Å². The number of aryl methyl sites for hydroxylation is 2. The molecule has 3 heteroatoms. The van der Waals surface area contributed by atoms with E-state index in [1.807, 2.05) is 17.8 Å². The zero-order valence-electron chi connectivity index (χ0n) is 9.14. The highest BCUT2D eigenvalue weighted by Gasteiger charge is 1.97. The summed E-state index contributed by atoms with van der Waals surface area (Å²) in [6.45, 7) is 4.91. The summed E-state index contributed by atoms with van der Waals surface area (Å²) in [6.07, 6.45) is 3.04. The zero-order chi connectivity index (χ0) is 10.7. The van der Waals surface area contributed by atoms with E-state index in [1.54, 1.807) is 0 Å². The lowest BCUT2D eigenvalue weighted by atomic mass is 10.1. The Kier molecular flexibility index (Phi) is 2.81. The molecule has 0 aliphatic rings. The molecule has 0 saturated heterocycles. The number of nitrogens with zero attached hydrogens (tertiary/aromatic N) is 3. The molecule has 0 unspecified atom stereocenters. The largest absolute Gasteiger partial charge is 0.248 e. The summed E-state index contributed by atoms with van der Waals surface area (Å²) < 4.78 is 1.86. The van der Waals surface area contributed by atoms with E-state index < -0.39 is 0 Å². The highest BCUT2D eigenvalue weighted by Crippen LogP contribution is 2.06. The third kappa shape index (κ3) is 2.43. The van der Waals surface area contributed by atoms with Crippen LogP contribution in [0.25, 0.3) is 0 Å². The molecule has 1 heterocycles. The van der Waals surface area contributed by atoms with Gasteiger partial charge in [0.1, 0.15) is 0 Å². The van der Waals surface area contributed by atoms with Gasteiger partial charge in [0.05, 0.1) is 12.2 Å². The van der Waals surface area contributed by atoms with E-state index in [1.165, 1.54) is 11.1 Å². The van der Waals surface area contributed by atoms with Gasteiger partial charge < -0.3 is 0 Å². The Hall–Kier alpha value is -1.64. The Morgan fingerprint density at radius 1 is 1.13 bits per heavy atom. The minimum absolute atomic E-state index is 0.796. The molecule has 15 heavy (non-hydrogen) atoms. The second-order valence-electron chi connectivity index (χ2n) is 3.73. The van der Waals surface area contributed by atoms with Gasteiger partial charge in [-0.15, -0.1) is 5.10 Å². The first-order valence-corrected chi connectivity index (χ1v) is 5.22. The molecular formula is C12H15N3. The van der Waals surface area contributed by atoms with Gasteiger partial charge in [0.25, 0.3) is 0 Å². The van der Waals surface area contributed by atoms with Crippen molar-refractivity contribution in [3.8, 4) is 0 Å². The van der Waals surface area contributed by atoms with Gasteiger partial charge in [-0.3, -0.25) is 0 Å². The monoisotopic (exact) mass is 201 g/mol. The van der Waals surface area contributed by atoms with Crippen LogP contribution in [0.15, 0.2) is 30.5 Å². The lowest BCUT2D eigenvalue weighted by Crippen LogP contribution is -2.00. The SMILES string of the molecule is CCc1ccc(Cn2cc(C)nn2)cc1. The van der Waals surface area contributed by atoms with E-state index in [9.17, 15) is 0 Å². The predicted molar refractivity (Wildman–Crippen MR) is 59.7 cm³/mol. The topological polar surface area (TPSA) is 30.7 Å². The number of rotatable bonds is 3. The summed E-state index contributed by atoms with van der Waals surface area (Å²) in [4.78, 5) is 0. The Labute approximate surface area is 89.7 Å². The molecule has 0 atom stereocenters. The molecule has 0 saturated carbocycles. The Bertz CT molecular complexity index is 428. The summed E-state index contributed by atoms with van der Waals surface area (Å²) in [5.41, 5.74) is 3.59. The van der Waals surface area contributed by atoms with Crippen LogP contribution in [0.2, 0.25) is 0 Å². The lowest BCUT2D eigenvalue weighted by Gasteiger charge is -2.02. The van der Waals surface area contributed by atoms with Crippen LogP contribution in [0.3, 0.4) is 0 Å². The van der Waals surface area contributed by atoms with E-state index in [-0.39, 0.29) is 0 Å². The Morgan fingerprint density at radius 3 is 2.33 bits per heavy atom. The number of benzene rings is 1. The van der Waals surface area contributed by atoms with E-state index in [0.29, 0.717) is 0 Å². The average Bonchev–Trinajstić information content (AvgIpc) is 2.65. The molecule has 0 amide bonds. The molecule has 1 aromatic carbocycles. The van der Waals surface area contributed by atoms with E-state index in [4.69, 9.17) is 0 Å². The quantitative estimate of drug-likeness (QED) is 0.762. The van der Waals surface area contributed by atoms with Crippen molar-refractivity contribution in [1.82, 2.24) is 15.0 Å². The van der Waals surface area contributed by atoms with Gasteiger partial charge in [0.2, 0.25) is 0 Å². The summed E-state index contributed by atoms with van der Waals surface area (Å²) in [5.74, 6) is 0. The fourth-order valence-corrected chi connectivity index (χ4v) is 1.54. The zero-order valence-corrected chi connectivity index (χ0v) is 9.14. The fraction of sp³-hybridized carbons (Fsp3) is 0.333. The third-order valence-corrected chi connectivity index (χ3v) is 2.43. The van der Waals surface area contributed by atoms with Gasteiger partial charge in [-0.2, -0.15) is 0 Å². The molecule has 0 aliphatic heterocycles. The highest BCUT2D eigenvalue weighted by molar-refractivity contribution is 5.22. The van der Waals surface area contributed by atoms with E-state index in [2.05, 4.69) is 41.5 Å².